The van der Waals surface area contributed by atoms with E-state index >= 15 is 0 Å². The molecule has 2 aromatic rings. The molecule has 120 valence electrons. The Kier molecular flexibility index (Phi) is 4.68. The van der Waals surface area contributed by atoms with Crippen LogP contribution in [0.5, 0.6) is 11.5 Å². The number of carbonyl (C=O) groups excluding carboxylic acids is 1. The van der Waals surface area contributed by atoms with Crippen LogP contribution < -0.4 is 14.4 Å². The second kappa shape index (κ2) is 6.72. The molecule has 1 fully saturated rings. The quantitative estimate of drug-likeness (QED) is 0.831. The summed E-state index contributed by atoms with van der Waals surface area (Å²) >= 11 is 7.75. The molecule has 0 aromatic heterocycles. The van der Waals surface area contributed by atoms with E-state index in [-0.39, 0.29) is 11.3 Å². The predicted molar refractivity (Wildman–Crippen MR) is 93.7 cm³/mol. The number of benzene rings is 2. The van der Waals surface area contributed by atoms with Gasteiger partial charge in [0, 0.05) is 12.1 Å². The summed E-state index contributed by atoms with van der Waals surface area (Å²) in [7, 11) is 3.11. The van der Waals surface area contributed by atoms with E-state index in [1.54, 1.807) is 43.0 Å². The fourth-order valence-electron chi connectivity index (χ4n) is 2.58. The van der Waals surface area contributed by atoms with Crippen LogP contribution in [0.2, 0.25) is 5.02 Å². The van der Waals surface area contributed by atoms with Gasteiger partial charge in [0.25, 0.3) is 0 Å². The molecule has 3 rings (SSSR count). The van der Waals surface area contributed by atoms with Crippen LogP contribution >= 0.6 is 23.4 Å². The van der Waals surface area contributed by atoms with Gasteiger partial charge < -0.3 is 9.47 Å². The summed E-state index contributed by atoms with van der Waals surface area (Å²) in [5, 5.41) is 0.354. The van der Waals surface area contributed by atoms with Gasteiger partial charge in [0.05, 0.1) is 30.7 Å². The first-order valence-electron chi connectivity index (χ1n) is 7.06. The van der Waals surface area contributed by atoms with Crippen LogP contribution in [0, 0.1) is 0 Å². The lowest BCUT2D eigenvalue weighted by molar-refractivity contribution is -0.115. The third-order valence-electron chi connectivity index (χ3n) is 3.67. The zero-order chi connectivity index (χ0) is 16.4. The van der Waals surface area contributed by atoms with Crippen LogP contribution in [0.4, 0.5) is 5.69 Å². The number of halogens is 1. The second-order valence-electron chi connectivity index (χ2n) is 5.00. The predicted octanol–water partition coefficient (Wildman–Crippen LogP) is 4.14. The highest BCUT2D eigenvalue weighted by Gasteiger charge is 2.36. The Balaban J connectivity index is 2.09. The summed E-state index contributed by atoms with van der Waals surface area (Å²) in [6.45, 7) is 0. The number of amides is 1. The molecule has 0 bridgehead atoms. The minimum Gasteiger partial charge on any atom is -0.495 e. The van der Waals surface area contributed by atoms with Crippen molar-refractivity contribution in [1.29, 1.82) is 0 Å². The maximum atomic E-state index is 12.5. The molecule has 6 heteroatoms. The SMILES string of the molecule is COc1cc(N2C(=O)CSC2c2ccccc2)c(OC)cc1Cl. The van der Waals surface area contributed by atoms with E-state index in [0.717, 1.165) is 5.56 Å². The first kappa shape index (κ1) is 16.0. The Hall–Kier alpha value is -1.85. The summed E-state index contributed by atoms with van der Waals surface area (Å²) < 4.78 is 10.7. The van der Waals surface area contributed by atoms with Gasteiger partial charge in [-0.1, -0.05) is 41.9 Å². The van der Waals surface area contributed by atoms with Crippen molar-refractivity contribution in [3.8, 4) is 11.5 Å². The standard InChI is InChI=1S/C17H16ClNO3S/c1-21-14-9-13(15(22-2)8-12(14)18)19-16(20)10-23-17(19)11-6-4-3-5-7-11/h3-9,17H,10H2,1-2H3. The third-order valence-corrected chi connectivity index (χ3v) is 5.17. The van der Waals surface area contributed by atoms with Crippen molar-refractivity contribution in [1.82, 2.24) is 0 Å². The number of hydrogen-bond acceptors (Lipinski definition) is 4. The molecular formula is C17H16ClNO3S. The van der Waals surface area contributed by atoms with Crippen molar-refractivity contribution in [3.63, 3.8) is 0 Å². The molecule has 1 unspecified atom stereocenters. The molecule has 1 atom stereocenters. The molecule has 0 radical (unpaired) electrons. The van der Waals surface area contributed by atoms with Crippen LogP contribution in [0.3, 0.4) is 0 Å². The van der Waals surface area contributed by atoms with Gasteiger partial charge >= 0.3 is 0 Å². The number of methoxy groups -OCH3 is 2. The van der Waals surface area contributed by atoms with Gasteiger partial charge in [-0.05, 0) is 5.56 Å². The normalized spacial score (nSPS) is 17.4. The maximum Gasteiger partial charge on any atom is 0.238 e. The van der Waals surface area contributed by atoms with E-state index in [4.69, 9.17) is 21.1 Å². The van der Waals surface area contributed by atoms with Crippen molar-refractivity contribution in [2.75, 3.05) is 24.9 Å². The van der Waals surface area contributed by atoms with E-state index in [0.29, 0.717) is 28.0 Å². The maximum absolute atomic E-state index is 12.5. The summed E-state index contributed by atoms with van der Waals surface area (Å²) in [5.41, 5.74) is 1.73. The van der Waals surface area contributed by atoms with E-state index < -0.39 is 0 Å². The molecule has 1 amide bonds. The third kappa shape index (κ3) is 2.99. The summed E-state index contributed by atoms with van der Waals surface area (Å²) in [6, 6.07) is 13.4. The molecule has 23 heavy (non-hydrogen) atoms. The highest BCUT2D eigenvalue weighted by Crippen LogP contribution is 2.47. The van der Waals surface area contributed by atoms with E-state index in [1.165, 1.54) is 0 Å². The largest absolute Gasteiger partial charge is 0.495 e. The van der Waals surface area contributed by atoms with Gasteiger partial charge in [0.15, 0.2) is 0 Å². The van der Waals surface area contributed by atoms with Crippen LogP contribution in [-0.4, -0.2) is 25.9 Å². The number of ether oxygens (including phenoxy) is 2. The highest BCUT2D eigenvalue weighted by molar-refractivity contribution is 8.00. The molecule has 1 aliphatic heterocycles. The second-order valence-corrected chi connectivity index (χ2v) is 6.47. The molecule has 0 N–H and O–H groups in total. The highest BCUT2D eigenvalue weighted by atomic mass is 35.5. The topological polar surface area (TPSA) is 38.8 Å². The molecule has 2 aromatic carbocycles. The monoisotopic (exact) mass is 349 g/mol. The minimum atomic E-state index is -0.0940. The lowest BCUT2D eigenvalue weighted by atomic mass is 10.1. The Morgan fingerprint density at radius 3 is 2.48 bits per heavy atom. The first-order chi connectivity index (χ1) is 11.2. The fraction of sp³-hybridized carbons (Fsp3) is 0.235. The molecule has 4 nitrogen and oxygen atoms in total. The summed E-state index contributed by atoms with van der Waals surface area (Å²) in [5.74, 6) is 1.52. The average Bonchev–Trinajstić information content (AvgIpc) is 2.97. The van der Waals surface area contributed by atoms with Gasteiger partial charge in [-0.25, -0.2) is 0 Å². The zero-order valence-electron chi connectivity index (χ0n) is 12.8. The molecule has 1 aliphatic rings. The molecular weight excluding hydrogens is 334 g/mol. The Morgan fingerprint density at radius 2 is 1.83 bits per heavy atom. The Labute approximate surface area is 144 Å². The Morgan fingerprint density at radius 1 is 1.13 bits per heavy atom. The van der Waals surface area contributed by atoms with E-state index in [2.05, 4.69) is 0 Å². The molecule has 1 saturated heterocycles. The van der Waals surface area contributed by atoms with E-state index in [9.17, 15) is 4.79 Å². The van der Waals surface area contributed by atoms with Gasteiger partial charge in [0.2, 0.25) is 5.91 Å². The van der Waals surface area contributed by atoms with Crippen LogP contribution in [-0.2, 0) is 4.79 Å². The molecule has 0 saturated carbocycles. The number of hydrogen-bond donors (Lipinski definition) is 0. The summed E-state index contributed by atoms with van der Waals surface area (Å²) in [6.07, 6.45) is 0. The number of carbonyl (C=O) groups is 1. The minimum absolute atomic E-state index is 0.0338. The number of anilines is 1. The number of nitrogens with zero attached hydrogens (tertiary/aromatic N) is 1. The van der Waals surface area contributed by atoms with Crippen LogP contribution in [0.1, 0.15) is 10.9 Å². The summed E-state index contributed by atoms with van der Waals surface area (Å²) in [4.78, 5) is 14.2. The van der Waals surface area contributed by atoms with Gasteiger partial charge in [0.1, 0.15) is 16.9 Å². The van der Waals surface area contributed by atoms with Crippen LogP contribution in [0.25, 0.3) is 0 Å². The molecule has 0 spiro atoms. The van der Waals surface area contributed by atoms with Crippen LogP contribution in [0.15, 0.2) is 42.5 Å². The zero-order valence-corrected chi connectivity index (χ0v) is 14.4. The number of rotatable bonds is 4. The van der Waals surface area contributed by atoms with Crippen molar-refractivity contribution < 1.29 is 14.3 Å². The lowest BCUT2D eigenvalue weighted by Crippen LogP contribution is -2.28. The fourth-order valence-corrected chi connectivity index (χ4v) is 3.98. The van der Waals surface area contributed by atoms with Gasteiger partial charge in [-0.3, -0.25) is 9.69 Å². The van der Waals surface area contributed by atoms with Crippen molar-refractivity contribution in [3.05, 3.63) is 53.1 Å². The van der Waals surface area contributed by atoms with E-state index in [1.807, 2.05) is 30.3 Å². The van der Waals surface area contributed by atoms with Gasteiger partial charge in [-0.2, -0.15) is 0 Å². The molecule has 0 aliphatic carbocycles. The molecule has 1 heterocycles. The van der Waals surface area contributed by atoms with Gasteiger partial charge in [-0.15, -0.1) is 11.8 Å². The smallest absolute Gasteiger partial charge is 0.238 e. The first-order valence-corrected chi connectivity index (χ1v) is 8.48. The lowest BCUT2D eigenvalue weighted by Gasteiger charge is -2.26. The van der Waals surface area contributed by atoms with Crippen molar-refractivity contribution >= 4 is 35.0 Å². The Bertz CT molecular complexity index is 723. The van der Waals surface area contributed by atoms with Crippen molar-refractivity contribution in [2.24, 2.45) is 0 Å². The van der Waals surface area contributed by atoms with Crippen molar-refractivity contribution in [2.45, 2.75) is 5.37 Å². The average molecular weight is 350 g/mol. The number of thioether (sulfide) groups is 1.